The van der Waals surface area contributed by atoms with E-state index in [1.165, 1.54) is 18.2 Å². The summed E-state index contributed by atoms with van der Waals surface area (Å²) in [5.41, 5.74) is 2.29. The Morgan fingerprint density at radius 1 is 0.857 bits per heavy atom. The average Bonchev–Trinajstić information content (AvgIpc) is 2.40. The molecule has 5 heteroatoms. The first-order valence-electron chi connectivity index (χ1n) is 6.50. The number of benzene rings is 2. The first-order valence-corrected chi connectivity index (χ1v) is 7.99. The molecule has 0 radical (unpaired) electrons. The Balaban J connectivity index is 2.78. The van der Waals surface area contributed by atoms with Gasteiger partial charge < -0.3 is 10.2 Å². The Bertz CT molecular complexity index is 797. The average molecular weight is 306 g/mol. The molecule has 21 heavy (non-hydrogen) atoms. The lowest BCUT2D eigenvalue weighted by Gasteiger charge is -2.13. The maximum atomic E-state index is 12.8. The number of hydrogen-bond donors (Lipinski definition) is 2. The zero-order valence-electron chi connectivity index (χ0n) is 12.4. The highest BCUT2D eigenvalue weighted by Crippen LogP contribution is 2.35. The molecule has 0 bridgehead atoms. The van der Waals surface area contributed by atoms with Gasteiger partial charge in [0.25, 0.3) is 0 Å². The third-order valence-corrected chi connectivity index (χ3v) is 5.61. The summed E-state index contributed by atoms with van der Waals surface area (Å²) in [4.78, 5) is -0.00807. The highest BCUT2D eigenvalue weighted by Gasteiger charge is 2.25. The molecule has 4 nitrogen and oxygen atoms in total. The highest BCUT2D eigenvalue weighted by atomic mass is 32.2. The van der Waals surface area contributed by atoms with Crippen molar-refractivity contribution in [3.63, 3.8) is 0 Å². The van der Waals surface area contributed by atoms with Crippen molar-refractivity contribution in [2.45, 2.75) is 37.5 Å². The standard InChI is InChI=1S/C16H18O4S/c1-9-5-6-14(17)16(12(9)4)21(19,20)13-7-10(2)15(18)11(3)8-13/h5-8,17-18H,1-4H3. The molecule has 0 heterocycles. The van der Waals surface area contributed by atoms with Gasteiger partial charge in [0.15, 0.2) is 0 Å². The van der Waals surface area contributed by atoms with Crippen LogP contribution >= 0.6 is 0 Å². The third kappa shape index (κ3) is 2.49. The fourth-order valence-electron chi connectivity index (χ4n) is 2.30. The van der Waals surface area contributed by atoms with E-state index in [4.69, 9.17) is 0 Å². The molecule has 2 aromatic rings. The summed E-state index contributed by atoms with van der Waals surface area (Å²) in [5, 5.41) is 19.8. The van der Waals surface area contributed by atoms with Crippen LogP contribution in [0.25, 0.3) is 0 Å². The molecule has 2 aromatic carbocycles. The molecule has 0 amide bonds. The maximum Gasteiger partial charge on any atom is 0.210 e. The second kappa shape index (κ2) is 5.07. The molecule has 2 N–H and O–H groups in total. The summed E-state index contributed by atoms with van der Waals surface area (Å²) in [6, 6.07) is 5.89. The minimum absolute atomic E-state index is 0.0688. The van der Waals surface area contributed by atoms with Crippen LogP contribution in [0.2, 0.25) is 0 Å². The second-order valence-electron chi connectivity index (χ2n) is 5.26. The largest absolute Gasteiger partial charge is 0.507 e. The van der Waals surface area contributed by atoms with E-state index in [1.54, 1.807) is 33.8 Å². The number of aromatic hydroxyl groups is 2. The highest BCUT2D eigenvalue weighted by molar-refractivity contribution is 7.91. The molecule has 2 rings (SSSR count). The SMILES string of the molecule is Cc1ccc(O)c(S(=O)(=O)c2cc(C)c(O)c(C)c2)c1C. The predicted octanol–water partition coefficient (Wildman–Crippen LogP) is 3.16. The number of phenolic OH excluding ortho intramolecular Hbond substituents is 2. The van der Waals surface area contributed by atoms with Crippen molar-refractivity contribution in [1.82, 2.24) is 0 Å². The minimum atomic E-state index is -3.85. The van der Waals surface area contributed by atoms with Crippen molar-refractivity contribution in [2.24, 2.45) is 0 Å². The normalized spacial score (nSPS) is 11.6. The fraction of sp³-hybridized carbons (Fsp3) is 0.250. The molecule has 0 aliphatic rings. The molecule has 112 valence electrons. The molecule has 0 aromatic heterocycles. The smallest absolute Gasteiger partial charge is 0.210 e. The Morgan fingerprint density at radius 2 is 1.38 bits per heavy atom. The lowest BCUT2D eigenvalue weighted by molar-refractivity contribution is 0.457. The topological polar surface area (TPSA) is 74.6 Å². The first kappa shape index (κ1) is 15.4. The monoisotopic (exact) mass is 306 g/mol. The molecule has 0 unspecified atom stereocenters. The van der Waals surface area contributed by atoms with Gasteiger partial charge in [0.2, 0.25) is 9.84 Å². The summed E-state index contributed by atoms with van der Waals surface area (Å²) >= 11 is 0. The molecule has 0 saturated carbocycles. The van der Waals surface area contributed by atoms with Crippen molar-refractivity contribution in [3.8, 4) is 11.5 Å². The Morgan fingerprint density at radius 3 is 1.90 bits per heavy atom. The van der Waals surface area contributed by atoms with Crippen LogP contribution in [0.4, 0.5) is 0 Å². The summed E-state index contributed by atoms with van der Waals surface area (Å²) < 4.78 is 25.6. The molecule has 0 atom stereocenters. The lowest BCUT2D eigenvalue weighted by Crippen LogP contribution is -2.06. The van der Waals surface area contributed by atoms with Crippen molar-refractivity contribution < 1.29 is 18.6 Å². The van der Waals surface area contributed by atoms with Gasteiger partial charge in [-0.25, -0.2) is 8.42 Å². The van der Waals surface area contributed by atoms with E-state index in [2.05, 4.69) is 0 Å². The van der Waals surface area contributed by atoms with E-state index in [0.29, 0.717) is 16.7 Å². The molecular formula is C16H18O4S. The van der Waals surface area contributed by atoms with E-state index in [9.17, 15) is 18.6 Å². The maximum absolute atomic E-state index is 12.8. The van der Waals surface area contributed by atoms with Gasteiger partial charge in [-0.3, -0.25) is 0 Å². The van der Waals surface area contributed by atoms with Crippen LogP contribution in [-0.4, -0.2) is 18.6 Å². The van der Waals surface area contributed by atoms with Gasteiger partial charge in [-0.1, -0.05) is 6.07 Å². The number of aryl methyl sites for hydroxylation is 3. The molecule has 0 spiro atoms. The number of phenols is 2. The van der Waals surface area contributed by atoms with Gasteiger partial charge in [-0.2, -0.15) is 0 Å². The van der Waals surface area contributed by atoms with Crippen LogP contribution in [0, 0.1) is 27.7 Å². The summed E-state index contributed by atoms with van der Waals surface area (Å²) in [6.07, 6.45) is 0. The number of hydrogen-bond acceptors (Lipinski definition) is 4. The molecule has 0 aliphatic carbocycles. The molecule has 0 fully saturated rings. The minimum Gasteiger partial charge on any atom is -0.507 e. The van der Waals surface area contributed by atoms with Crippen LogP contribution in [0.3, 0.4) is 0 Å². The lowest BCUT2D eigenvalue weighted by atomic mass is 10.1. The summed E-state index contributed by atoms with van der Waals surface area (Å²) in [6.45, 7) is 6.75. The van der Waals surface area contributed by atoms with E-state index in [-0.39, 0.29) is 21.3 Å². The first-order chi connectivity index (χ1) is 9.66. The fourth-order valence-corrected chi connectivity index (χ4v) is 4.11. The molecular weight excluding hydrogens is 288 g/mol. The van der Waals surface area contributed by atoms with Crippen molar-refractivity contribution in [2.75, 3.05) is 0 Å². The van der Waals surface area contributed by atoms with Crippen LogP contribution in [0.5, 0.6) is 11.5 Å². The van der Waals surface area contributed by atoms with E-state index < -0.39 is 9.84 Å². The quantitative estimate of drug-likeness (QED) is 0.893. The second-order valence-corrected chi connectivity index (χ2v) is 7.15. The van der Waals surface area contributed by atoms with Gasteiger partial charge in [0, 0.05) is 0 Å². The number of rotatable bonds is 2. The van der Waals surface area contributed by atoms with Crippen LogP contribution in [0.15, 0.2) is 34.1 Å². The van der Waals surface area contributed by atoms with Gasteiger partial charge in [0.1, 0.15) is 16.4 Å². The predicted molar refractivity (Wildman–Crippen MR) is 80.6 cm³/mol. The Labute approximate surface area is 124 Å². The van der Waals surface area contributed by atoms with Gasteiger partial charge in [-0.05, 0) is 68.1 Å². The Kier molecular flexibility index (Phi) is 3.72. The van der Waals surface area contributed by atoms with Crippen LogP contribution in [0.1, 0.15) is 22.3 Å². The Hall–Kier alpha value is -2.01. The van der Waals surface area contributed by atoms with Gasteiger partial charge in [0.05, 0.1) is 4.90 Å². The van der Waals surface area contributed by atoms with E-state index in [0.717, 1.165) is 5.56 Å². The molecule has 0 aliphatic heterocycles. The summed E-state index contributed by atoms with van der Waals surface area (Å²) in [5.74, 6) is -0.180. The zero-order chi connectivity index (χ0) is 15.9. The summed E-state index contributed by atoms with van der Waals surface area (Å²) in [7, 11) is -3.85. The van der Waals surface area contributed by atoms with Crippen molar-refractivity contribution in [3.05, 3.63) is 46.5 Å². The number of sulfone groups is 1. The van der Waals surface area contributed by atoms with E-state index in [1.807, 2.05) is 0 Å². The molecule has 0 saturated heterocycles. The van der Waals surface area contributed by atoms with Gasteiger partial charge >= 0.3 is 0 Å². The third-order valence-electron chi connectivity index (χ3n) is 3.70. The van der Waals surface area contributed by atoms with Crippen molar-refractivity contribution in [1.29, 1.82) is 0 Å². The van der Waals surface area contributed by atoms with Crippen molar-refractivity contribution >= 4 is 9.84 Å². The van der Waals surface area contributed by atoms with Crippen LogP contribution < -0.4 is 0 Å². The van der Waals surface area contributed by atoms with Gasteiger partial charge in [-0.15, -0.1) is 0 Å². The zero-order valence-corrected chi connectivity index (χ0v) is 13.2. The van der Waals surface area contributed by atoms with Crippen LogP contribution in [-0.2, 0) is 9.84 Å². The van der Waals surface area contributed by atoms with E-state index >= 15 is 0 Å².